The standard InChI is InChI=1S/C16H14ClN3OS2/c1-9-6-11-15(18-8-19-16(11)23-9)22-7-14(21)20-13-5-3-4-12(17)10(13)2/h3-6,8H,7H2,1-2H3,(H,20,21). The number of halogens is 1. The Kier molecular flexibility index (Phi) is 4.84. The van der Waals surface area contributed by atoms with E-state index in [2.05, 4.69) is 21.4 Å². The van der Waals surface area contributed by atoms with Crippen LogP contribution in [0.15, 0.2) is 35.6 Å². The van der Waals surface area contributed by atoms with Gasteiger partial charge in [0.05, 0.1) is 5.75 Å². The molecule has 0 fully saturated rings. The third-order valence-electron chi connectivity index (χ3n) is 3.30. The van der Waals surface area contributed by atoms with Crippen molar-refractivity contribution in [2.45, 2.75) is 18.9 Å². The Hall–Kier alpha value is -1.63. The fourth-order valence-corrected chi connectivity index (χ4v) is 3.99. The van der Waals surface area contributed by atoms with Gasteiger partial charge in [0.25, 0.3) is 0 Å². The molecule has 1 aromatic carbocycles. The van der Waals surface area contributed by atoms with Crippen LogP contribution in [-0.4, -0.2) is 21.6 Å². The highest BCUT2D eigenvalue weighted by molar-refractivity contribution is 8.00. The number of carbonyl (C=O) groups excluding carboxylic acids is 1. The van der Waals surface area contributed by atoms with E-state index in [-0.39, 0.29) is 11.7 Å². The summed E-state index contributed by atoms with van der Waals surface area (Å²) in [5, 5.41) is 5.37. The summed E-state index contributed by atoms with van der Waals surface area (Å²) in [6.07, 6.45) is 1.54. The lowest BCUT2D eigenvalue weighted by molar-refractivity contribution is -0.113. The maximum atomic E-state index is 12.2. The molecule has 118 valence electrons. The SMILES string of the molecule is Cc1cc2c(SCC(=O)Nc3cccc(Cl)c3C)ncnc2s1. The van der Waals surface area contributed by atoms with Gasteiger partial charge in [-0.05, 0) is 37.6 Å². The van der Waals surface area contributed by atoms with Crippen molar-refractivity contribution in [1.29, 1.82) is 0 Å². The number of aromatic nitrogens is 2. The van der Waals surface area contributed by atoms with Crippen LogP contribution in [0.25, 0.3) is 10.2 Å². The summed E-state index contributed by atoms with van der Waals surface area (Å²) in [7, 11) is 0. The predicted molar refractivity (Wildman–Crippen MR) is 97.7 cm³/mol. The van der Waals surface area contributed by atoms with Gasteiger partial charge in [0, 0.05) is 21.0 Å². The molecule has 1 amide bonds. The van der Waals surface area contributed by atoms with Crippen molar-refractivity contribution < 1.29 is 4.79 Å². The lowest BCUT2D eigenvalue weighted by Gasteiger charge is -2.09. The van der Waals surface area contributed by atoms with Gasteiger partial charge in [0.1, 0.15) is 16.2 Å². The fourth-order valence-electron chi connectivity index (χ4n) is 2.13. The van der Waals surface area contributed by atoms with Gasteiger partial charge in [-0.3, -0.25) is 4.79 Å². The quantitative estimate of drug-likeness (QED) is 0.539. The van der Waals surface area contributed by atoms with E-state index in [9.17, 15) is 4.79 Å². The minimum Gasteiger partial charge on any atom is -0.325 e. The summed E-state index contributed by atoms with van der Waals surface area (Å²) in [6.45, 7) is 3.92. The molecule has 0 aliphatic carbocycles. The zero-order valence-electron chi connectivity index (χ0n) is 12.6. The van der Waals surface area contributed by atoms with Gasteiger partial charge in [-0.25, -0.2) is 9.97 Å². The molecule has 0 spiro atoms. The number of rotatable bonds is 4. The Morgan fingerprint density at radius 2 is 2.17 bits per heavy atom. The molecular formula is C16H14ClN3OS2. The molecule has 1 N–H and O–H groups in total. The van der Waals surface area contributed by atoms with Gasteiger partial charge in [-0.15, -0.1) is 11.3 Å². The summed E-state index contributed by atoms with van der Waals surface area (Å²) in [5.41, 5.74) is 1.60. The molecule has 0 atom stereocenters. The van der Waals surface area contributed by atoms with Crippen LogP contribution in [0.4, 0.5) is 5.69 Å². The van der Waals surface area contributed by atoms with Crippen LogP contribution in [0.1, 0.15) is 10.4 Å². The number of thioether (sulfide) groups is 1. The number of fused-ring (bicyclic) bond motifs is 1. The molecule has 4 nitrogen and oxygen atoms in total. The lowest BCUT2D eigenvalue weighted by atomic mass is 10.2. The number of carbonyl (C=O) groups is 1. The minimum atomic E-state index is -0.0842. The molecule has 3 aromatic rings. The molecule has 7 heteroatoms. The first-order valence-electron chi connectivity index (χ1n) is 6.93. The Bertz CT molecular complexity index is 879. The smallest absolute Gasteiger partial charge is 0.234 e. The van der Waals surface area contributed by atoms with E-state index in [0.29, 0.717) is 5.02 Å². The van der Waals surface area contributed by atoms with Crippen molar-refractivity contribution in [3.8, 4) is 0 Å². The summed E-state index contributed by atoms with van der Waals surface area (Å²) < 4.78 is 0. The summed E-state index contributed by atoms with van der Waals surface area (Å²) in [5.74, 6) is 0.200. The number of aryl methyl sites for hydroxylation is 1. The van der Waals surface area contributed by atoms with Gasteiger partial charge in [0.15, 0.2) is 0 Å². The lowest BCUT2D eigenvalue weighted by Crippen LogP contribution is -2.15. The van der Waals surface area contributed by atoms with Crippen LogP contribution in [0, 0.1) is 13.8 Å². The van der Waals surface area contributed by atoms with Gasteiger partial charge < -0.3 is 5.32 Å². The van der Waals surface area contributed by atoms with E-state index in [4.69, 9.17) is 11.6 Å². The first-order valence-corrected chi connectivity index (χ1v) is 9.11. The second-order valence-corrected chi connectivity index (χ2v) is 7.61. The Morgan fingerprint density at radius 1 is 1.35 bits per heavy atom. The Morgan fingerprint density at radius 3 is 3.00 bits per heavy atom. The first kappa shape index (κ1) is 16.2. The van der Waals surface area contributed by atoms with Crippen molar-refractivity contribution in [3.63, 3.8) is 0 Å². The number of thiophene rings is 1. The van der Waals surface area contributed by atoms with E-state index in [1.807, 2.05) is 26.0 Å². The molecule has 0 saturated carbocycles. The second-order valence-electron chi connectivity index (χ2n) is 5.00. The van der Waals surface area contributed by atoms with Gasteiger partial charge in [-0.2, -0.15) is 0 Å². The average Bonchev–Trinajstić information content (AvgIpc) is 2.90. The average molecular weight is 364 g/mol. The van der Waals surface area contributed by atoms with E-state index in [1.54, 1.807) is 23.7 Å². The number of nitrogens with zero attached hydrogens (tertiary/aromatic N) is 2. The molecule has 0 radical (unpaired) electrons. The number of nitrogens with one attached hydrogen (secondary N) is 1. The second kappa shape index (κ2) is 6.86. The maximum Gasteiger partial charge on any atom is 0.234 e. The number of hydrogen-bond acceptors (Lipinski definition) is 5. The number of benzene rings is 1. The van der Waals surface area contributed by atoms with Crippen LogP contribution >= 0.6 is 34.7 Å². The molecule has 3 rings (SSSR count). The molecule has 0 bridgehead atoms. The molecule has 23 heavy (non-hydrogen) atoms. The van der Waals surface area contributed by atoms with E-state index in [1.165, 1.54) is 16.6 Å². The largest absolute Gasteiger partial charge is 0.325 e. The molecule has 0 aliphatic heterocycles. The predicted octanol–water partition coefficient (Wildman–Crippen LogP) is 4.69. The van der Waals surface area contributed by atoms with Crippen molar-refractivity contribution >= 4 is 56.5 Å². The molecule has 0 saturated heterocycles. The fraction of sp³-hybridized carbons (Fsp3) is 0.188. The Balaban J connectivity index is 1.70. The van der Waals surface area contributed by atoms with E-state index < -0.39 is 0 Å². The monoisotopic (exact) mass is 363 g/mol. The van der Waals surface area contributed by atoms with E-state index in [0.717, 1.165) is 26.5 Å². The van der Waals surface area contributed by atoms with Gasteiger partial charge in [0.2, 0.25) is 5.91 Å². The molecule has 0 aliphatic rings. The zero-order valence-corrected chi connectivity index (χ0v) is 15.0. The van der Waals surface area contributed by atoms with Crippen LogP contribution in [0.3, 0.4) is 0 Å². The van der Waals surface area contributed by atoms with Crippen LogP contribution in [0.5, 0.6) is 0 Å². The van der Waals surface area contributed by atoms with Crippen molar-refractivity contribution in [1.82, 2.24) is 9.97 Å². The Labute approximate surface area is 147 Å². The highest BCUT2D eigenvalue weighted by Crippen LogP contribution is 2.30. The number of anilines is 1. The zero-order chi connectivity index (χ0) is 16.4. The normalized spacial score (nSPS) is 10.9. The van der Waals surface area contributed by atoms with Gasteiger partial charge >= 0.3 is 0 Å². The highest BCUT2D eigenvalue weighted by atomic mass is 35.5. The van der Waals surface area contributed by atoms with Crippen molar-refractivity contribution in [2.75, 3.05) is 11.1 Å². The third kappa shape index (κ3) is 3.65. The number of amides is 1. The molecule has 0 unspecified atom stereocenters. The van der Waals surface area contributed by atoms with Crippen molar-refractivity contribution in [3.05, 3.63) is 46.1 Å². The van der Waals surface area contributed by atoms with Crippen molar-refractivity contribution in [2.24, 2.45) is 0 Å². The van der Waals surface area contributed by atoms with Crippen LogP contribution < -0.4 is 5.32 Å². The van der Waals surface area contributed by atoms with E-state index >= 15 is 0 Å². The topological polar surface area (TPSA) is 54.9 Å². The minimum absolute atomic E-state index is 0.0842. The molecule has 2 heterocycles. The van der Waals surface area contributed by atoms with Crippen LogP contribution in [-0.2, 0) is 4.79 Å². The summed E-state index contributed by atoms with van der Waals surface area (Å²) >= 11 is 9.10. The van der Waals surface area contributed by atoms with Gasteiger partial charge in [-0.1, -0.05) is 29.4 Å². The van der Waals surface area contributed by atoms with Crippen LogP contribution in [0.2, 0.25) is 5.02 Å². The first-order chi connectivity index (χ1) is 11.0. The summed E-state index contributed by atoms with van der Waals surface area (Å²) in [4.78, 5) is 22.9. The maximum absolute atomic E-state index is 12.2. The molecular weight excluding hydrogens is 350 g/mol. The summed E-state index contributed by atoms with van der Waals surface area (Å²) in [6, 6.07) is 7.52. The third-order valence-corrected chi connectivity index (χ3v) is 5.67. The molecule has 2 aromatic heterocycles. The highest BCUT2D eigenvalue weighted by Gasteiger charge is 2.11. The number of hydrogen-bond donors (Lipinski definition) is 1.